The molecule has 2 N–H and O–H groups in total. The molecule has 1 atom stereocenters. The van der Waals surface area contributed by atoms with Gasteiger partial charge in [0, 0.05) is 41.3 Å². The molecule has 1 aliphatic heterocycles. The summed E-state index contributed by atoms with van der Waals surface area (Å²) in [4.78, 5) is 40.0. The van der Waals surface area contributed by atoms with Gasteiger partial charge in [-0.3, -0.25) is 24.5 Å². The zero-order valence-electron chi connectivity index (χ0n) is 19.3. The number of aryl methyl sites for hydroxylation is 3. The van der Waals surface area contributed by atoms with E-state index in [1.165, 1.54) is 0 Å². The molecular formula is C26H28N4O3. The minimum Gasteiger partial charge on any atom is -0.326 e. The van der Waals surface area contributed by atoms with E-state index in [1.54, 1.807) is 33.8 Å². The Balaban J connectivity index is 1.44. The van der Waals surface area contributed by atoms with Crippen molar-refractivity contribution in [2.24, 2.45) is 5.92 Å². The van der Waals surface area contributed by atoms with Crippen LogP contribution in [0.2, 0.25) is 0 Å². The van der Waals surface area contributed by atoms with Crippen molar-refractivity contribution in [2.45, 2.75) is 34.1 Å². The third kappa shape index (κ3) is 4.53. The molecule has 170 valence electrons. The number of hydrogen-bond donors (Lipinski definition) is 2. The molecule has 7 nitrogen and oxygen atoms in total. The summed E-state index contributed by atoms with van der Waals surface area (Å²) in [5.41, 5.74) is 8.65. The number of carbonyl (C=O) groups excluding carboxylic acids is 3. The predicted octanol–water partition coefficient (Wildman–Crippen LogP) is 4.10. The molecule has 0 spiro atoms. The third-order valence-electron chi connectivity index (χ3n) is 6.24. The van der Waals surface area contributed by atoms with E-state index in [9.17, 15) is 14.4 Å². The molecule has 2 heterocycles. The second-order valence-corrected chi connectivity index (χ2v) is 8.59. The maximum atomic E-state index is 12.9. The summed E-state index contributed by atoms with van der Waals surface area (Å²) in [6.07, 6.45) is 0.158. The number of hydrogen-bond acceptors (Lipinski definition) is 3. The summed E-state index contributed by atoms with van der Waals surface area (Å²) >= 11 is 0. The van der Waals surface area contributed by atoms with Gasteiger partial charge < -0.3 is 10.2 Å². The van der Waals surface area contributed by atoms with Crippen molar-refractivity contribution in [3.05, 3.63) is 82.7 Å². The Labute approximate surface area is 193 Å². The topological polar surface area (TPSA) is 83.4 Å². The van der Waals surface area contributed by atoms with Crippen molar-refractivity contribution < 1.29 is 14.4 Å². The van der Waals surface area contributed by atoms with Crippen molar-refractivity contribution in [3.63, 3.8) is 0 Å². The van der Waals surface area contributed by atoms with Gasteiger partial charge in [0.25, 0.3) is 5.91 Å². The fourth-order valence-electron chi connectivity index (χ4n) is 4.14. The smallest absolute Gasteiger partial charge is 0.270 e. The van der Waals surface area contributed by atoms with E-state index in [-0.39, 0.29) is 24.1 Å². The van der Waals surface area contributed by atoms with E-state index in [4.69, 9.17) is 0 Å². The Morgan fingerprint density at radius 3 is 2.36 bits per heavy atom. The van der Waals surface area contributed by atoms with E-state index in [0.29, 0.717) is 17.8 Å². The van der Waals surface area contributed by atoms with Crippen molar-refractivity contribution in [3.8, 4) is 0 Å². The Kier molecular flexibility index (Phi) is 6.05. The van der Waals surface area contributed by atoms with Gasteiger partial charge in [0.1, 0.15) is 0 Å². The highest BCUT2D eigenvalue weighted by Gasteiger charge is 2.35. The molecule has 0 aliphatic carbocycles. The van der Waals surface area contributed by atoms with E-state index < -0.39 is 5.92 Å². The number of nitrogens with one attached hydrogen (secondary N) is 2. The van der Waals surface area contributed by atoms with Crippen LogP contribution in [0.15, 0.2) is 54.6 Å². The van der Waals surface area contributed by atoms with E-state index in [2.05, 4.69) is 10.7 Å². The van der Waals surface area contributed by atoms with Gasteiger partial charge in [-0.25, -0.2) is 0 Å². The third-order valence-corrected chi connectivity index (χ3v) is 6.24. The lowest BCUT2D eigenvalue weighted by molar-refractivity contribution is -0.122. The van der Waals surface area contributed by atoms with Crippen LogP contribution >= 0.6 is 0 Å². The first-order chi connectivity index (χ1) is 15.7. The summed E-state index contributed by atoms with van der Waals surface area (Å²) in [6.45, 7) is 8.15. The maximum absolute atomic E-state index is 12.9. The number of rotatable bonds is 5. The molecule has 1 fully saturated rings. The van der Waals surface area contributed by atoms with Crippen LogP contribution in [0.3, 0.4) is 0 Å². The lowest BCUT2D eigenvalue weighted by Gasteiger charge is -2.20. The van der Waals surface area contributed by atoms with Gasteiger partial charge in [-0.2, -0.15) is 0 Å². The van der Waals surface area contributed by atoms with Gasteiger partial charge in [-0.15, -0.1) is 0 Å². The highest BCUT2D eigenvalue weighted by Crippen LogP contribution is 2.30. The lowest BCUT2D eigenvalue weighted by Crippen LogP contribution is -2.29. The van der Waals surface area contributed by atoms with Crippen LogP contribution in [0.25, 0.3) is 0 Å². The second kappa shape index (κ2) is 8.94. The fourth-order valence-corrected chi connectivity index (χ4v) is 4.14. The molecule has 0 bridgehead atoms. The normalized spacial score (nSPS) is 15.6. The molecule has 4 rings (SSSR count). The molecule has 1 aliphatic rings. The standard InChI is InChI=1S/C26H28N4O3/c1-16-7-5-10-23(19(16)4)29-15-21(14-24(29)31)25(32)27-22-9-6-8-20(13-22)26(33)28-30-17(2)11-12-18(30)3/h5-13,21H,14-15H2,1-4H3,(H,27,32)(H,28,33)/t21-/m1/s1. The van der Waals surface area contributed by atoms with Crippen LogP contribution in [0.4, 0.5) is 11.4 Å². The first-order valence-corrected chi connectivity index (χ1v) is 11.0. The molecule has 1 aromatic heterocycles. The summed E-state index contributed by atoms with van der Waals surface area (Å²) < 4.78 is 1.72. The van der Waals surface area contributed by atoms with Gasteiger partial charge in [-0.1, -0.05) is 18.2 Å². The largest absolute Gasteiger partial charge is 0.326 e. The Morgan fingerprint density at radius 1 is 0.939 bits per heavy atom. The molecule has 0 unspecified atom stereocenters. The summed E-state index contributed by atoms with van der Waals surface area (Å²) in [7, 11) is 0. The molecular weight excluding hydrogens is 416 g/mol. The van der Waals surface area contributed by atoms with Crippen LogP contribution < -0.4 is 15.6 Å². The van der Waals surface area contributed by atoms with Crippen molar-refractivity contribution in [1.29, 1.82) is 0 Å². The first-order valence-electron chi connectivity index (χ1n) is 11.0. The first kappa shape index (κ1) is 22.3. The Hall–Kier alpha value is -3.87. The average Bonchev–Trinajstić information content (AvgIpc) is 3.33. The van der Waals surface area contributed by atoms with Gasteiger partial charge in [0.2, 0.25) is 11.8 Å². The minimum atomic E-state index is -0.458. The maximum Gasteiger partial charge on any atom is 0.270 e. The second-order valence-electron chi connectivity index (χ2n) is 8.59. The van der Waals surface area contributed by atoms with Crippen molar-refractivity contribution in [1.82, 2.24) is 4.68 Å². The molecule has 0 radical (unpaired) electrons. The quantitative estimate of drug-likeness (QED) is 0.622. The molecule has 7 heteroatoms. The highest BCUT2D eigenvalue weighted by atomic mass is 16.2. The molecule has 33 heavy (non-hydrogen) atoms. The molecule has 3 amide bonds. The Morgan fingerprint density at radius 2 is 1.64 bits per heavy atom. The number of anilines is 2. The number of amides is 3. The number of nitrogens with zero attached hydrogens (tertiary/aromatic N) is 2. The SMILES string of the molecule is Cc1cccc(N2C[C@H](C(=O)Nc3cccc(C(=O)Nn4c(C)ccc4C)c3)CC2=O)c1C. The molecule has 0 saturated carbocycles. The summed E-state index contributed by atoms with van der Waals surface area (Å²) in [5.74, 6) is -1.02. The van der Waals surface area contributed by atoms with Crippen LogP contribution in [0.5, 0.6) is 0 Å². The predicted molar refractivity (Wildman–Crippen MR) is 129 cm³/mol. The van der Waals surface area contributed by atoms with E-state index >= 15 is 0 Å². The molecule has 3 aromatic rings. The number of aromatic nitrogens is 1. The van der Waals surface area contributed by atoms with Crippen molar-refractivity contribution in [2.75, 3.05) is 22.2 Å². The highest BCUT2D eigenvalue weighted by molar-refractivity contribution is 6.05. The zero-order valence-corrected chi connectivity index (χ0v) is 19.3. The number of carbonyl (C=O) groups is 3. The van der Waals surface area contributed by atoms with Gasteiger partial charge in [-0.05, 0) is 75.2 Å². The monoisotopic (exact) mass is 444 g/mol. The van der Waals surface area contributed by atoms with Crippen LogP contribution in [-0.2, 0) is 9.59 Å². The van der Waals surface area contributed by atoms with Crippen LogP contribution in [-0.4, -0.2) is 28.9 Å². The zero-order chi connectivity index (χ0) is 23.7. The Bertz CT molecular complexity index is 1220. The van der Waals surface area contributed by atoms with Gasteiger partial charge in [0.05, 0.1) is 5.92 Å². The summed E-state index contributed by atoms with van der Waals surface area (Å²) in [6, 6.07) is 16.5. The van der Waals surface area contributed by atoms with Gasteiger partial charge >= 0.3 is 0 Å². The minimum absolute atomic E-state index is 0.0607. The number of benzene rings is 2. The van der Waals surface area contributed by atoms with Crippen LogP contribution in [0, 0.1) is 33.6 Å². The van der Waals surface area contributed by atoms with Gasteiger partial charge in [0.15, 0.2) is 0 Å². The van der Waals surface area contributed by atoms with Crippen molar-refractivity contribution >= 4 is 29.1 Å². The van der Waals surface area contributed by atoms with E-state index in [0.717, 1.165) is 28.2 Å². The fraction of sp³-hybridized carbons (Fsp3) is 0.269. The lowest BCUT2D eigenvalue weighted by atomic mass is 10.1. The van der Waals surface area contributed by atoms with Crippen LogP contribution in [0.1, 0.15) is 39.3 Å². The molecule has 2 aromatic carbocycles. The average molecular weight is 445 g/mol. The summed E-state index contributed by atoms with van der Waals surface area (Å²) in [5, 5.41) is 2.87. The van der Waals surface area contributed by atoms with E-state index in [1.807, 2.05) is 58.0 Å². The molecule has 1 saturated heterocycles.